The molecule has 0 amide bonds. The van der Waals surface area contributed by atoms with Gasteiger partial charge in [-0.05, 0) is 55.2 Å². The van der Waals surface area contributed by atoms with Crippen LogP contribution >= 0.6 is 0 Å². The van der Waals surface area contributed by atoms with Crippen LogP contribution < -0.4 is 10.1 Å². The van der Waals surface area contributed by atoms with Crippen LogP contribution in [0.1, 0.15) is 30.1 Å². The number of anilines is 1. The van der Waals surface area contributed by atoms with Crippen LogP contribution in [0, 0.1) is 0 Å². The number of nitrogens with zero attached hydrogens (tertiary/aromatic N) is 1. The second kappa shape index (κ2) is 6.08. The quantitative estimate of drug-likeness (QED) is 0.917. The zero-order chi connectivity index (χ0) is 14.7. The van der Waals surface area contributed by atoms with E-state index in [9.17, 15) is 8.78 Å². The molecule has 0 fully saturated rings. The van der Waals surface area contributed by atoms with Crippen molar-refractivity contribution in [2.75, 3.05) is 5.32 Å². The number of nitrogens with one attached hydrogen (secondary N) is 1. The number of halogens is 2. The molecule has 0 bridgehead atoms. The molecule has 1 unspecified atom stereocenters. The first-order valence-corrected chi connectivity index (χ1v) is 6.97. The van der Waals surface area contributed by atoms with Crippen LogP contribution in [0.4, 0.5) is 14.5 Å². The summed E-state index contributed by atoms with van der Waals surface area (Å²) in [6.45, 7) is -2.79. The van der Waals surface area contributed by atoms with Crippen molar-refractivity contribution >= 4 is 5.69 Å². The molecule has 1 aromatic carbocycles. The highest BCUT2D eigenvalue weighted by molar-refractivity contribution is 5.48. The van der Waals surface area contributed by atoms with Gasteiger partial charge in [-0.25, -0.2) is 0 Å². The van der Waals surface area contributed by atoms with Crippen molar-refractivity contribution in [2.45, 2.75) is 31.9 Å². The summed E-state index contributed by atoms with van der Waals surface area (Å²) in [6.07, 6.45) is 4.99. The van der Waals surface area contributed by atoms with Crippen LogP contribution in [0.15, 0.2) is 42.6 Å². The number of aryl methyl sites for hydroxylation is 1. The molecule has 1 aromatic heterocycles. The van der Waals surface area contributed by atoms with E-state index in [1.165, 1.54) is 17.7 Å². The Balaban J connectivity index is 1.73. The molecule has 0 spiro atoms. The molecule has 1 N–H and O–H groups in total. The molecule has 0 aliphatic heterocycles. The lowest BCUT2D eigenvalue weighted by atomic mass is 9.92. The van der Waals surface area contributed by atoms with Crippen molar-refractivity contribution in [3.05, 3.63) is 53.9 Å². The average Bonchev–Trinajstić information content (AvgIpc) is 2.49. The Hall–Kier alpha value is -2.17. The Morgan fingerprint density at radius 3 is 2.76 bits per heavy atom. The summed E-state index contributed by atoms with van der Waals surface area (Å²) >= 11 is 0. The van der Waals surface area contributed by atoms with Gasteiger partial charge in [0.1, 0.15) is 5.75 Å². The third-order valence-corrected chi connectivity index (χ3v) is 3.62. The third-order valence-electron chi connectivity index (χ3n) is 3.62. The van der Waals surface area contributed by atoms with Crippen molar-refractivity contribution in [1.82, 2.24) is 4.98 Å². The number of ether oxygens (including phenoxy) is 1. The monoisotopic (exact) mass is 290 g/mol. The van der Waals surface area contributed by atoms with Crippen LogP contribution in [-0.4, -0.2) is 11.6 Å². The van der Waals surface area contributed by atoms with E-state index in [4.69, 9.17) is 0 Å². The first-order valence-electron chi connectivity index (χ1n) is 6.97. The van der Waals surface area contributed by atoms with Gasteiger partial charge in [-0.2, -0.15) is 8.78 Å². The van der Waals surface area contributed by atoms with E-state index < -0.39 is 6.61 Å². The molecule has 0 saturated carbocycles. The fourth-order valence-electron chi connectivity index (χ4n) is 2.68. The molecule has 1 atom stereocenters. The summed E-state index contributed by atoms with van der Waals surface area (Å²) in [5.74, 6) is 0.165. The maximum atomic E-state index is 12.1. The molecule has 1 aliphatic carbocycles. The number of aromatic nitrogens is 1. The van der Waals surface area contributed by atoms with Crippen LogP contribution in [0.25, 0.3) is 0 Å². The maximum absolute atomic E-state index is 12.1. The second-order valence-corrected chi connectivity index (χ2v) is 5.04. The highest BCUT2D eigenvalue weighted by Crippen LogP contribution is 2.31. The SMILES string of the molecule is FC(F)Oc1ccc(NC2CCCc3cccnc32)cc1. The molecular weight excluding hydrogens is 274 g/mol. The van der Waals surface area contributed by atoms with Gasteiger partial charge < -0.3 is 10.1 Å². The zero-order valence-corrected chi connectivity index (χ0v) is 11.4. The summed E-state index contributed by atoms with van der Waals surface area (Å²) in [5, 5.41) is 3.41. The Bertz CT molecular complexity index is 601. The van der Waals surface area contributed by atoms with E-state index in [1.807, 2.05) is 6.07 Å². The van der Waals surface area contributed by atoms with Gasteiger partial charge in [0.05, 0.1) is 11.7 Å². The Morgan fingerprint density at radius 1 is 1.19 bits per heavy atom. The van der Waals surface area contributed by atoms with Crippen molar-refractivity contribution in [2.24, 2.45) is 0 Å². The molecule has 3 rings (SSSR count). The summed E-state index contributed by atoms with van der Waals surface area (Å²) in [5.41, 5.74) is 3.23. The van der Waals surface area contributed by atoms with Gasteiger partial charge in [-0.1, -0.05) is 6.07 Å². The normalized spacial score (nSPS) is 17.4. The minimum Gasteiger partial charge on any atom is -0.435 e. The van der Waals surface area contributed by atoms with Gasteiger partial charge in [-0.15, -0.1) is 0 Å². The number of fused-ring (bicyclic) bond motifs is 1. The van der Waals surface area contributed by atoms with E-state index in [0.717, 1.165) is 30.6 Å². The van der Waals surface area contributed by atoms with Gasteiger partial charge in [0.25, 0.3) is 0 Å². The molecule has 3 nitrogen and oxygen atoms in total. The minimum atomic E-state index is -2.79. The summed E-state index contributed by atoms with van der Waals surface area (Å²) in [6, 6.07) is 10.8. The lowest BCUT2D eigenvalue weighted by molar-refractivity contribution is -0.0498. The fourth-order valence-corrected chi connectivity index (χ4v) is 2.68. The maximum Gasteiger partial charge on any atom is 0.387 e. The number of alkyl halides is 2. The van der Waals surface area contributed by atoms with Crippen molar-refractivity contribution in [3.8, 4) is 5.75 Å². The highest BCUT2D eigenvalue weighted by atomic mass is 19.3. The molecule has 110 valence electrons. The van der Waals surface area contributed by atoms with Crippen LogP contribution in [-0.2, 0) is 6.42 Å². The Labute approximate surface area is 122 Å². The number of hydrogen-bond donors (Lipinski definition) is 1. The van der Waals surface area contributed by atoms with Crippen molar-refractivity contribution in [1.29, 1.82) is 0 Å². The van der Waals surface area contributed by atoms with Crippen molar-refractivity contribution in [3.63, 3.8) is 0 Å². The molecule has 5 heteroatoms. The standard InChI is InChI=1S/C16H16F2N2O/c17-16(18)21-13-8-6-12(7-9-13)20-14-5-1-3-11-4-2-10-19-15(11)14/h2,4,6-10,14,16,20H,1,3,5H2. The Kier molecular flexibility index (Phi) is 3.99. The summed E-state index contributed by atoms with van der Waals surface area (Å²) in [4.78, 5) is 4.47. The number of hydrogen-bond acceptors (Lipinski definition) is 3. The largest absolute Gasteiger partial charge is 0.435 e. The molecule has 0 radical (unpaired) electrons. The van der Waals surface area contributed by atoms with Crippen LogP contribution in [0.3, 0.4) is 0 Å². The third kappa shape index (κ3) is 3.29. The average molecular weight is 290 g/mol. The van der Waals surface area contributed by atoms with E-state index in [1.54, 1.807) is 18.3 Å². The molecule has 2 aromatic rings. The van der Waals surface area contributed by atoms with E-state index in [0.29, 0.717) is 0 Å². The predicted molar refractivity (Wildman–Crippen MR) is 76.6 cm³/mol. The first-order chi connectivity index (χ1) is 10.2. The predicted octanol–water partition coefficient (Wildman–Crippen LogP) is 4.17. The van der Waals surface area contributed by atoms with Gasteiger partial charge >= 0.3 is 6.61 Å². The summed E-state index contributed by atoms with van der Waals surface area (Å²) < 4.78 is 28.6. The van der Waals surface area contributed by atoms with Gasteiger partial charge in [0, 0.05) is 11.9 Å². The molecule has 1 heterocycles. The Morgan fingerprint density at radius 2 is 2.00 bits per heavy atom. The van der Waals surface area contributed by atoms with E-state index >= 15 is 0 Å². The smallest absolute Gasteiger partial charge is 0.387 e. The van der Waals surface area contributed by atoms with E-state index in [-0.39, 0.29) is 11.8 Å². The zero-order valence-electron chi connectivity index (χ0n) is 11.4. The van der Waals surface area contributed by atoms with Gasteiger partial charge in [0.15, 0.2) is 0 Å². The van der Waals surface area contributed by atoms with Gasteiger partial charge in [0.2, 0.25) is 0 Å². The lowest BCUT2D eigenvalue weighted by Crippen LogP contribution is -2.18. The van der Waals surface area contributed by atoms with Gasteiger partial charge in [-0.3, -0.25) is 4.98 Å². The molecule has 0 saturated heterocycles. The van der Waals surface area contributed by atoms with Crippen molar-refractivity contribution < 1.29 is 13.5 Å². The summed E-state index contributed by atoms with van der Waals surface area (Å²) in [7, 11) is 0. The van der Waals surface area contributed by atoms with E-state index in [2.05, 4.69) is 21.1 Å². The number of rotatable bonds is 4. The molecular formula is C16H16F2N2O. The molecule has 1 aliphatic rings. The second-order valence-electron chi connectivity index (χ2n) is 5.04. The minimum absolute atomic E-state index is 0.164. The fraction of sp³-hybridized carbons (Fsp3) is 0.312. The van der Waals surface area contributed by atoms with Crippen LogP contribution in [0.2, 0.25) is 0 Å². The number of pyridine rings is 1. The topological polar surface area (TPSA) is 34.1 Å². The number of benzene rings is 1. The highest BCUT2D eigenvalue weighted by Gasteiger charge is 2.20. The lowest BCUT2D eigenvalue weighted by Gasteiger charge is -2.26. The van der Waals surface area contributed by atoms with Crippen LogP contribution in [0.5, 0.6) is 5.75 Å². The molecule has 21 heavy (non-hydrogen) atoms. The first kappa shape index (κ1) is 13.8.